The van der Waals surface area contributed by atoms with Crippen molar-refractivity contribution in [1.82, 2.24) is 20.0 Å². The van der Waals surface area contributed by atoms with E-state index in [4.69, 9.17) is 0 Å². The van der Waals surface area contributed by atoms with Crippen LogP contribution in [-0.4, -0.2) is 85.3 Å². The highest BCUT2D eigenvalue weighted by Crippen LogP contribution is 2.20. The van der Waals surface area contributed by atoms with Gasteiger partial charge in [0.05, 0.1) is 5.56 Å². The van der Waals surface area contributed by atoms with Gasteiger partial charge in [0.25, 0.3) is 5.91 Å². The van der Waals surface area contributed by atoms with Gasteiger partial charge >= 0.3 is 0 Å². The minimum Gasteiger partial charge on any atom is -0.353 e. The van der Waals surface area contributed by atoms with E-state index in [1.54, 1.807) is 0 Å². The van der Waals surface area contributed by atoms with Gasteiger partial charge in [-0.1, -0.05) is 0 Å². The molecule has 0 atom stereocenters. The summed E-state index contributed by atoms with van der Waals surface area (Å²) in [7, 11) is 2.09. The number of piperazine rings is 2. The first-order chi connectivity index (χ1) is 14.4. The highest BCUT2D eigenvalue weighted by molar-refractivity contribution is 5.94. The molecule has 0 bridgehead atoms. The molecule has 30 heavy (non-hydrogen) atoms. The number of carbonyl (C=O) groups excluding carboxylic acids is 1. The predicted molar refractivity (Wildman–Crippen MR) is 106 cm³/mol. The van der Waals surface area contributed by atoms with E-state index in [1.165, 1.54) is 4.90 Å². The third kappa shape index (κ3) is 4.04. The molecule has 0 spiro atoms. The van der Waals surface area contributed by atoms with Crippen LogP contribution in [0.1, 0.15) is 10.4 Å². The zero-order valence-electron chi connectivity index (χ0n) is 16.7. The van der Waals surface area contributed by atoms with E-state index in [2.05, 4.69) is 27.0 Å². The summed E-state index contributed by atoms with van der Waals surface area (Å²) in [6, 6.07) is 5.60. The van der Waals surface area contributed by atoms with Gasteiger partial charge in [0.2, 0.25) is 0 Å². The Balaban J connectivity index is 1.36. The normalized spacial score (nSPS) is 18.1. The molecule has 0 N–H and O–H groups in total. The summed E-state index contributed by atoms with van der Waals surface area (Å²) in [6.07, 6.45) is 0. The molecule has 0 unspecified atom stereocenters. The second-order valence-corrected chi connectivity index (χ2v) is 7.54. The molecule has 0 radical (unpaired) electrons. The number of carbonyl (C=O) groups is 1. The van der Waals surface area contributed by atoms with E-state index >= 15 is 0 Å². The molecule has 1 aromatic carbocycles. The van der Waals surface area contributed by atoms with Gasteiger partial charge in [-0.25, -0.2) is 13.2 Å². The average Bonchev–Trinajstić information content (AvgIpc) is 2.78. The van der Waals surface area contributed by atoms with Crippen molar-refractivity contribution in [1.29, 1.82) is 0 Å². The van der Waals surface area contributed by atoms with Gasteiger partial charge in [-0.3, -0.25) is 4.79 Å². The first-order valence-electron chi connectivity index (χ1n) is 9.89. The summed E-state index contributed by atoms with van der Waals surface area (Å²) >= 11 is 0. The van der Waals surface area contributed by atoms with Crippen LogP contribution >= 0.6 is 0 Å². The second-order valence-electron chi connectivity index (χ2n) is 7.54. The van der Waals surface area contributed by atoms with Crippen LogP contribution in [0.4, 0.5) is 24.8 Å². The van der Waals surface area contributed by atoms with Crippen molar-refractivity contribution in [2.75, 3.05) is 69.2 Å². The molecule has 0 aliphatic carbocycles. The van der Waals surface area contributed by atoms with E-state index in [0.717, 1.165) is 44.1 Å². The Kier molecular flexibility index (Phi) is 5.76. The molecule has 1 amide bonds. The van der Waals surface area contributed by atoms with Crippen molar-refractivity contribution < 1.29 is 18.0 Å². The number of nitrogens with zero attached hydrogens (tertiary/aromatic N) is 6. The lowest BCUT2D eigenvalue weighted by molar-refractivity contribution is 0.0740. The third-order valence-corrected chi connectivity index (χ3v) is 5.62. The van der Waals surface area contributed by atoms with Crippen LogP contribution in [-0.2, 0) is 0 Å². The molecular weight excluding hydrogens is 397 g/mol. The molecule has 10 heteroatoms. The molecule has 2 aliphatic heterocycles. The Bertz CT molecular complexity index is 910. The lowest BCUT2D eigenvalue weighted by atomic mass is 10.1. The molecule has 1 aromatic heterocycles. The van der Waals surface area contributed by atoms with Crippen LogP contribution < -0.4 is 9.80 Å². The van der Waals surface area contributed by atoms with Crippen molar-refractivity contribution in [2.24, 2.45) is 0 Å². The third-order valence-electron chi connectivity index (χ3n) is 5.62. The first-order valence-corrected chi connectivity index (χ1v) is 9.89. The number of rotatable bonds is 3. The summed E-state index contributed by atoms with van der Waals surface area (Å²) in [4.78, 5) is 20.4. The minimum atomic E-state index is -1.63. The number of hydrogen-bond donors (Lipinski definition) is 0. The number of likely N-dealkylation sites (N-methyl/N-ethyl adjacent to an activating group) is 1. The largest absolute Gasteiger partial charge is 0.353 e. The lowest BCUT2D eigenvalue weighted by Crippen LogP contribution is -2.49. The highest BCUT2D eigenvalue weighted by atomic mass is 19.2. The number of aromatic nitrogens is 2. The average molecular weight is 420 g/mol. The van der Waals surface area contributed by atoms with Gasteiger partial charge in [0, 0.05) is 52.4 Å². The van der Waals surface area contributed by atoms with Gasteiger partial charge in [-0.2, -0.15) is 0 Å². The van der Waals surface area contributed by atoms with E-state index in [-0.39, 0.29) is 0 Å². The topological polar surface area (TPSA) is 55.8 Å². The van der Waals surface area contributed by atoms with Gasteiger partial charge in [0.15, 0.2) is 29.1 Å². The number of amides is 1. The van der Waals surface area contributed by atoms with E-state index in [1.807, 2.05) is 17.0 Å². The molecule has 2 fully saturated rings. The van der Waals surface area contributed by atoms with Crippen LogP contribution in [0.15, 0.2) is 24.3 Å². The number of hydrogen-bond acceptors (Lipinski definition) is 6. The summed E-state index contributed by atoms with van der Waals surface area (Å²) in [5.41, 5.74) is -0.460. The Hall–Kier alpha value is -2.88. The van der Waals surface area contributed by atoms with Gasteiger partial charge in [-0.15, -0.1) is 10.2 Å². The molecule has 2 aliphatic rings. The Morgan fingerprint density at radius 2 is 1.30 bits per heavy atom. The zero-order valence-corrected chi connectivity index (χ0v) is 16.7. The van der Waals surface area contributed by atoms with Crippen LogP contribution in [0.2, 0.25) is 0 Å². The van der Waals surface area contributed by atoms with Crippen molar-refractivity contribution >= 4 is 17.5 Å². The fourth-order valence-corrected chi connectivity index (χ4v) is 3.69. The standard InChI is InChI=1S/C20H23F3N6O/c1-26-6-8-27(9-7-26)16-4-5-17(25-24-16)28-10-12-29(13-11-28)20(30)14-2-3-15(21)19(23)18(14)22/h2-5H,6-13H2,1H3. The Morgan fingerprint density at radius 1 is 0.767 bits per heavy atom. The molecule has 4 rings (SSSR count). The van der Waals surface area contributed by atoms with Crippen LogP contribution in [0.5, 0.6) is 0 Å². The highest BCUT2D eigenvalue weighted by Gasteiger charge is 2.27. The van der Waals surface area contributed by atoms with Crippen LogP contribution in [0.25, 0.3) is 0 Å². The predicted octanol–water partition coefficient (Wildman–Crippen LogP) is 1.61. The minimum absolute atomic E-state index is 0.319. The summed E-state index contributed by atoms with van der Waals surface area (Å²) < 4.78 is 40.5. The summed E-state index contributed by atoms with van der Waals surface area (Å²) in [6.45, 7) is 5.39. The molecule has 2 aromatic rings. The van der Waals surface area contributed by atoms with Crippen molar-refractivity contribution in [3.05, 3.63) is 47.3 Å². The quantitative estimate of drug-likeness (QED) is 0.704. The van der Waals surface area contributed by atoms with E-state index in [0.29, 0.717) is 32.0 Å². The monoisotopic (exact) mass is 420 g/mol. The van der Waals surface area contributed by atoms with Crippen LogP contribution in [0.3, 0.4) is 0 Å². The molecule has 160 valence electrons. The van der Waals surface area contributed by atoms with E-state index in [9.17, 15) is 18.0 Å². The van der Waals surface area contributed by atoms with Gasteiger partial charge in [0.1, 0.15) is 0 Å². The Labute approximate surface area is 172 Å². The SMILES string of the molecule is CN1CCN(c2ccc(N3CCN(C(=O)c4ccc(F)c(F)c4F)CC3)nn2)CC1. The van der Waals surface area contributed by atoms with Gasteiger partial charge < -0.3 is 19.6 Å². The number of benzene rings is 1. The second kappa shape index (κ2) is 8.47. The first kappa shape index (κ1) is 20.4. The number of halogens is 3. The fraction of sp³-hybridized carbons (Fsp3) is 0.450. The molecule has 7 nitrogen and oxygen atoms in total. The Morgan fingerprint density at radius 3 is 1.83 bits per heavy atom. The maximum Gasteiger partial charge on any atom is 0.257 e. The molecular formula is C20H23F3N6O. The van der Waals surface area contributed by atoms with Crippen molar-refractivity contribution in [3.8, 4) is 0 Å². The zero-order chi connectivity index (χ0) is 21.3. The number of anilines is 2. The van der Waals surface area contributed by atoms with Gasteiger partial charge in [-0.05, 0) is 31.3 Å². The smallest absolute Gasteiger partial charge is 0.257 e. The maximum atomic E-state index is 13.9. The van der Waals surface area contributed by atoms with E-state index < -0.39 is 28.9 Å². The molecule has 0 saturated carbocycles. The van der Waals surface area contributed by atoms with Crippen molar-refractivity contribution in [3.63, 3.8) is 0 Å². The molecule has 3 heterocycles. The lowest BCUT2D eigenvalue weighted by Gasteiger charge is -2.36. The molecule has 2 saturated heterocycles. The maximum absolute atomic E-state index is 13.9. The summed E-state index contributed by atoms with van der Waals surface area (Å²) in [5.74, 6) is -3.49. The van der Waals surface area contributed by atoms with Crippen LogP contribution in [0, 0.1) is 17.5 Å². The van der Waals surface area contributed by atoms with Crippen molar-refractivity contribution in [2.45, 2.75) is 0 Å². The fourth-order valence-electron chi connectivity index (χ4n) is 3.69. The summed E-state index contributed by atoms with van der Waals surface area (Å²) in [5, 5.41) is 8.67.